The second-order valence-electron chi connectivity index (χ2n) is 7.65. The summed E-state index contributed by atoms with van der Waals surface area (Å²) in [5, 5.41) is 0.114. The van der Waals surface area contributed by atoms with E-state index in [1.54, 1.807) is 42.2 Å². The van der Waals surface area contributed by atoms with E-state index in [2.05, 4.69) is 9.88 Å². The summed E-state index contributed by atoms with van der Waals surface area (Å²) in [5.41, 5.74) is -0.466. The summed E-state index contributed by atoms with van der Waals surface area (Å²) in [6.45, 7) is 2.87. The minimum absolute atomic E-state index is 0.0363. The number of benzene rings is 1. The Morgan fingerprint density at radius 1 is 1.21 bits per heavy atom. The highest BCUT2D eigenvalue weighted by atomic mass is 16.3. The number of likely N-dealkylation sites (tertiary alicyclic amines) is 1. The summed E-state index contributed by atoms with van der Waals surface area (Å²) in [6, 6.07) is 8.90. The number of carbonyl (C=O) groups excluding carboxylic acids is 1. The first-order chi connectivity index (χ1) is 13.9. The van der Waals surface area contributed by atoms with Crippen LogP contribution in [-0.2, 0) is 0 Å². The van der Waals surface area contributed by atoms with Crippen LogP contribution in [0.5, 0.6) is 0 Å². The number of hydrogen-bond acceptors (Lipinski definition) is 5. The zero-order valence-electron chi connectivity index (χ0n) is 16.8. The molecule has 0 saturated carbocycles. The minimum Gasteiger partial charge on any atom is -0.444 e. The lowest BCUT2D eigenvalue weighted by molar-refractivity contribution is 0.0635. The van der Waals surface area contributed by atoms with Gasteiger partial charge >= 0.3 is 5.69 Å². The fourth-order valence-electron chi connectivity index (χ4n) is 3.98. The number of hydrogen-bond donors (Lipinski definition) is 1. The predicted molar refractivity (Wildman–Crippen MR) is 110 cm³/mol. The maximum Gasteiger partial charge on any atom is 0.335 e. The first-order valence-corrected chi connectivity index (χ1v) is 9.68. The van der Waals surface area contributed by atoms with E-state index in [0.717, 1.165) is 17.4 Å². The lowest BCUT2D eigenvalue weighted by atomic mass is 10.0. The molecule has 1 aromatic carbocycles. The molecule has 0 spiro atoms. The van der Waals surface area contributed by atoms with Crippen LogP contribution in [0, 0.1) is 6.92 Å². The van der Waals surface area contributed by atoms with Gasteiger partial charge in [0.1, 0.15) is 11.1 Å². The number of para-hydroxylation sites is 1. The first-order valence-electron chi connectivity index (χ1n) is 9.68. The van der Waals surface area contributed by atoms with Crippen molar-refractivity contribution in [2.45, 2.75) is 25.8 Å². The zero-order chi connectivity index (χ0) is 20.7. The van der Waals surface area contributed by atoms with Gasteiger partial charge in [-0.05, 0) is 46.0 Å². The Bertz CT molecular complexity index is 1170. The molecule has 2 aromatic heterocycles. The number of H-pyrrole nitrogens is 1. The third-order valence-corrected chi connectivity index (χ3v) is 5.57. The van der Waals surface area contributed by atoms with Gasteiger partial charge in [0.2, 0.25) is 5.71 Å². The van der Waals surface area contributed by atoms with Gasteiger partial charge in [0.05, 0.1) is 11.3 Å². The van der Waals surface area contributed by atoms with Crippen LogP contribution in [0.1, 0.15) is 29.0 Å². The van der Waals surface area contributed by atoms with Gasteiger partial charge in [-0.2, -0.15) is 0 Å². The smallest absolute Gasteiger partial charge is 0.335 e. The quantitative estimate of drug-likeness (QED) is 0.728. The van der Waals surface area contributed by atoms with Gasteiger partial charge in [-0.1, -0.05) is 18.2 Å². The van der Waals surface area contributed by atoms with E-state index in [4.69, 9.17) is 4.42 Å². The lowest BCUT2D eigenvalue weighted by Crippen LogP contribution is -2.47. The van der Waals surface area contributed by atoms with E-state index in [1.165, 1.54) is 0 Å². The Balaban J connectivity index is 1.85. The molecule has 152 valence electrons. The van der Waals surface area contributed by atoms with Crippen molar-refractivity contribution in [3.8, 4) is 5.69 Å². The van der Waals surface area contributed by atoms with Crippen LogP contribution in [0.15, 0.2) is 44.3 Å². The van der Waals surface area contributed by atoms with Gasteiger partial charge in [0, 0.05) is 19.1 Å². The van der Waals surface area contributed by atoms with Crippen molar-refractivity contribution in [3.63, 3.8) is 0 Å². The summed E-state index contributed by atoms with van der Waals surface area (Å²) in [4.78, 5) is 45.6. The highest BCUT2D eigenvalue weighted by molar-refractivity contribution is 6.06. The van der Waals surface area contributed by atoms with Crippen LogP contribution in [-0.4, -0.2) is 58.5 Å². The van der Waals surface area contributed by atoms with E-state index in [0.29, 0.717) is 24.5 Å². The number of piperidine rings is 1. The van der Waals surface area contributed by atoms with Gasteiger partial charge in [-0.3, -0.25) is 14.6 Å². The minimum atomic E-state index is -0.605. The van der Waals surface area contributed by atoms with Crippen LogP contribution in [0.2, 0.25) is 0 Å². The Morgan fingerprint density at radius 2 is 1.93 bits per heavy atom. The number of likely N-dealkylation sites (N-methyl/N-ethyl adjacent to an activating group) is 1. The number of aromatic nitrogens is 2. The van der Waals surface area contributed by atoms with Crippen molar-refractivity contribution in [1.82, 2.24) is 19.4 Å². The molecular formula is C21H24N4O4. The maximum absolute atomic E-state index is 13.4. The van der Waals surface area contributed by atoms with Crippen molar-refractivity contribution >= 4 is 17.0 Å². The van der Waals surface area contributed by atoms with Crippen LogP contribution in [0.4, 0.5) is 0 Å². The van der Waals surface area contributed by atoms with Crippen LogP contribution >= 0.6 is 0 Å². The highest BCUT2D eigenvalue weighted by Crippen LogP contribution is 2.24. The monoisotopic (exact) mass is 396 g/mol. The van der Waals surface area contributed by atoms with Crippen molar-refractivity contribution in [2.24, 2.45) is 0 Å². The summed E-state index contributed by atoms with van der Waals surface area (Å²) < 4.78 is 6.65. The molecule has 3 aromatic rings. The van der Waals surface area contributed by atoms with Crippen molar-refractivity contribution in [3.05, 3.63) is 62.5 Å². The number of rotatable bonds is 3. The summed E-state index contributed by atoms with van der Waals surface area (Å²) in [5.74, 6) is 0.0899. The third-order valence-electron chi connectivity index (χ3n) is 5.57. The number of nitrogens with zero attached hydrogens (tertiary/aromatic N) is 3. The van der Waals surface area contributed by atoms with Gasteiger partial charge < -0.3 is 14.2 Å². The number of fused-ring (bicyclic) bond motifs is 1. The zero-order valence-corrected chi connectivity index (χ0v) is 16.8. The van der Waals surface area contributed by atoms with E-state index in [9.17, 15) is 14.4 Å². The Morgan fingerprint density at radius 3 is 2.62 bits per heavy atom. The standard InChI is InChI=1S/C21H24N4O4/c1-13-16(19(26)24-11-7-10-15(12-24)23(2)3)17-18(29-13)22-21(28)25(20(17)27)14-8-5-4-6-9-14/h4-6,8-9,15H,7,10-12H2,1-3H3,(H,22,28). The first kappa shape index (κ1) is 19.2. The maximum atomic E-state index is 13.4. The number of nitrogens with one attached hydrogen (secondary N) is 1. The van der Waals surface area contributed by atoms with Crippen molar-refractivity contribution in [2.75, 3.05) is 27.2 Å². The van der Waals surface area contributed by atoms with E-state index in [1.807, 2.05) is 14.1 Å². The molecule has 3 heterocycles. The summed E-state index contributed by atoms with van der Waals surface area (Å²) in [7, 11) is 4.00. The molecule has 8 nitrogen and oxygen atoms in total. The van der Waals surface area contributed by atoms with Gasteiger partial charge in [-0.15, -0.1) is 0 Å². The molecule has 1 unspecified atom stereocenters. The molecule has 0 radical (unpaired) electrons. The van der Waals surface area contributed by atoms with Gasteiger partial charge in [0.15, 0.2) is 0 Å². The van der Waals surface area contributed by atoms with Crippen LogP contribution in [0.3, 0.4) is 0 Å². The van der Waals surface area contributed by atoms with Gasteiger partial charge in [-0.25, -0.2) is 9.36 Å². The number of furan rings is 1. The molecule has 4 rings (SSSR count). The molecule has 1 N–H and O–H groups in total. The average molecular weight is 396 g/mol. The number of aryl methyl sites for hydroxylation is 1. The number of carbonyl (C=O) groups is 1. The molecule has 1 saturated heterocycles. The topological polar surface area (TPSA) is 91.5 Å². The highest BCUT2D eigenvalue weighted by Gasteiger charge is 2.31. The largest absolute Gasteiger partial charge is 0.444 e. The normalized spacial score (nSPS) is 17.2. The molecule has 1 amide bonds. The Kier molecular flexibility index (Phi) is 4.87. The molecule has 29 heavy (non-hydrogen) atoms. The molecule has 1 fully saturated rings. The second kappa shape index (κ2) is 7.36. The fourth-order valence-corrected chi connectivity index (χ4v) is 3.98. The molecule has 1 atom stereocenters. The summed E-state index contributed by atoms with van der Waals surface area (Å²) >= 11 is 0. The number of amides is 1. The second-order valence-corrected chi connectivity index (χ2v) is 7.65. The average Bonchev–Trinajstić information content (AvgIpc) is 3.04. The molecular weight excluding hydrogens is 372 g/mol. The van der Waals surface area contributed by atoms with Crippen molar-refractivity contribution < 1.29 is 9.21 Å². The molecule has 1 aliphatic rings. The van der Waals surface area contributed by atoms with E-state index in [-0.39, 0.29) is 28.6 Å². The molecule has 0 bridgehead atoms. The molecule has 1 aliphatic heterocycles. The molecule has 8 heteroatoms. The Labute approximate surface area is 167 Å². The van der Waals surface area contributed by atoms with Gasteiger partial charge in [0.25, 0.3) is 11.5 Å². The Hall–Kier alpha value is -3.13. The van der Waals surface area contributed by atoms with Crippen molar-refractivity contribution in [1.29, 1.82) is 0 Å². The third kappa shape index (κ3) is 3.29. The lowest BCUT2D eigenvalue weighted by Gasteiger charge is -2.36. The molecule has 0 aliphatic carbocycles. The van der Waals surface area contributed by atoms with Crippen LogP contribution in [0.25, 0.3) is 16.8 Å². The van der Waals surface area contributed by atoms with Crippen LogP contribution < -0.4 is 11.2 Å². The summed E-state index contributed by atoms with van der Waals surface area (Å²) in [6.07, 6.45) is 1.92. The SMILES string of the molecule is Cc1oc2[nH]c(=O)n(-c3ccccc3)c(=O)c2c1C(=O)N1CCCC(N(C)C)C1. The van der Waals surface area contributed by atoms with E-state index < -0.39 is 11.2 Å². The fraction of sp³-hybridized carbons (Fsp3) is 0.381. The predicted octanol–water partition coefficient (Wildman–Crippen LogP) is 1.75. The van der Waals surface area contributed by atoms with E-state index >= 15 is 0 Å². The number of aromatic amines is 1.